The molecule has 1 fully saturated rings. The number of phenolic OH excluding ortho intramolecular Hbond substituents is 2. The van der Waals surface area contributed by atoms with E-state index in [1.165, 1.54) is 32.4 Å². The first kappa shape index (κ1) is 21.6. The Hall–Kier alpha value is -3.22. The minimum Gasteiger partial charge on any atom is -0.508 e. The number of rotatable bonds is 7. The Morgan fingerprint density at radius 2 is 1.52 bits per heavy atom. The lowest BCUT2D eigenvalue weighted by atomic mass is 10.0. The van der Waals surface area contributed by atoms with Crippen LogP contribution < -0.4 is 9.47 Å². The number of nitrogens with zero attached hydrogens (tertiary/aromatic N) is 1. The molecule has 0 saturated carbocycles. The van der Waals surface area contributed by atoms with Crippen LogP contribution in [0.25, 0.3) is 21.2 Å². The average Bonchev–Trinajstić information content (AvgIpc) is 3.24. The van der Waals surface area contributed by atoms with E-state index < -0.39 is 0 Å². The number of thiophene rings is 1. The van der Waals surface area contributed by atoms with E-state index in [0.717, 1.165) is 33.5 Å². The fraction of sp³-hybridized carbons (Fsp3) is 0.259. The topological polar surface area (TPSA) is 62.2 Å². The van der Waals surface area contributed by atoms with Gasteiger partial charge in [0.2, 0.25) is 0 Å². The van der Waals surface area contributed by atoms with Crippen molar-refractivity contribution >= 4 is 21.4 Å². The molecular formula is C27H27NO4S. The van der Waals surface area contributed by atoms with Gasteiger partial charge in [0.15, 0.2) is 0 Å². The number of likely N-dealkylation sites (tertiary alicyclic amines) is 1. The largest absolute Gasteiger partial charge is 0.508 e. The summed E-state index contributed by atoms with van der Waals surface area (Å²) < 4.78 is 13.1. The molecule has 0 radical (unpaired) electrons. The van der Waals surface area contributed by atoms with Crippen molar-refractivity contribution in [1.82, 2.24) is 4.90 Å². The van der Waals surface area contributed by atoms with Crippen LogP contribution in [0.15, 0.2) is 66.0 Å². The molecule has 0 atom stereocenters. The number of aromatic hydroxyl groups is 2. The van der Waals surface area contributed by atoms with Gasteiger partial charge in [-0.05, 0) is 85.9 Å². The maximum Gasteiger partial charge on any atom is 0.138 e. The highest BCUT2D eigenvalue weighted by Crippen LogP contribution is 2.42. The summed E-state index contributed by atoms with van der Waals surface area (Å²) in [5.74, 6) is 2.45. The van der Waals surface area contributed by atoms with Gasteiger partial charge in [0.1, 0.15) is 35.4 Å². The highest BCUT2D eigenvalue weighted by molar-refractivity contribution is 7.17. The molecule has 33 heavy (non-hydrogen) atoms. The SMILES string of the molecule is Oc1ccc(-c2csc3cc(O)ccc23)c(Oc2ccc(OCCN3CCCCC3)cc2)c1. The molecular weight excluding hydrogens is 434 g/mol. The number of fused-ring (bicyclic) bond motifs is 1. The van der Waals surface area contributed by atoms with E-state index in [9.17, 15) is 10.2 Å². The Bertz CT molecular complexity index is 1230. The summed E-state index contributed by atoms with van der Waals surface area (Å²) in [6.45, 7) is 3.97. The molecule has 1 aliphatic heterocycles. The lowest BCUT2D eigenvalue weighted by Crippen LogP contribution is -2.33. The van der Waals surface area contributed by atoms with Crippen molar-refractivity contribution in [3.63, 3.8) is 0 Å². The number of ether oxygens (including phenoxy) is 2. The first-order valence-electron chi connectivity index (χ1n) is 11.3. The third-order valence-electron chi connectivity index (χ3n) is 5.99. The zero-order chi connectivity index (χ0) is 22.6. The molecule has 0 spiro atoms. The average molecular weight is 462 g/mol. The molecule has 5 nitrogen and oxygen atoms in total. The lowest BCUT2D eigenvalue weighted by Gasteiger charge is -2.26. The summed E-state index contributed by atoms with van der Waals surface area (Å²) in [5.41, 5.74) is 1.88. The number of hydrogen-bond acceptors (Lipinski definition) is 6. The second kappa shape index (κ2) is 9.73. The predicted octanol–water partition coefficient (Wildman–Crippen LogP) is 6.64. The van der Waals surface area contributed by atoms with Crippen molar-refractivity contribution in [3.8, 4) is 39.9 Å². The van der Waals surface area contributed by atoms with Crippen molar-refractivity contribution in [2.75, 3.05) is 26.2 Å². The number of piperidine rings is 1. The second-order valence-electron chi connectivity index (χ2n) is 8.33. The highest BCUT2D eigenvalue weighted by atomic mass is 32.1. The van der Waals surface area contributed by atoms with Crippen LogP contribution in [0.4, 0.5) is 0 Å². The summed E-state index contributed by atoms with van der Waals surface area (Å²) >= 11 is 1.56. The fourth-order valence-corrected chi connectivity index (χ4v) is 5.24. The van der Waals surface area contributed by atoms with Crippen LogP contribution in [0.5, 0.6) is 28.7 Å². The molecule has 1 saturated heterocycles. The maximum absolute atomic E-state index is 10.1. The third-order valence-corrected chi connectivity index (χ3v) is 6.94. The number of benzene rings is 3. The molecule has 5 rings (SSSR count). The predicted molar refractivity (Wildman–Crippen MR) is 133 cm³/mol. The van der Waals surface area contributed by atoms with E-state index in [-0.39, 0.29) is 11.5 Å². The van der Waals surface area contributed by atoms with Crippen molar-refractivity contribution in [3.05, 3.63) is 66.0 Å². The van der Waals surface area contributed by atoms with Crippen LogP contribution in [0.2, 0.25) is 0 Å². The molecule has 3 aromatic carbocycles. The van der Waals surface area contributed by atoms with Gasteiger partial charge in [-0.3, -0.25) is 4.90 Å². The molecule has 0 aliphatic carbocycles. The molecule has 6 heteroatoms. The third kappa shape index (κ3) is 5.07. The Labute approximate surface area is 197 Å². The van der Waals surface area contributed by atoms with E-state index in [2.05, 4.69) is 4.90 Å². The summed E-state index contributed by atoms with van der Waals surface area (Å²) in [4.78, 5) is 2.46. The quantitative estimate of drug-likeness (QED) is 0.323. The van der Waals surface area contributed by atoms with Gasteiger partial charge >= 0.3 is 0 Å². The standard InChI is InChI=1S/C27H27NO4S/c29-19-4-10-23(25-18-33-27-17-20(30)5-11-24(25)27)26(16-19)32-22-8-6-21(7-9-22)31-15-14-28-12-2-1-3-13-28/h4-11,16-18,29-30H,1-3,12-15H2. The van der Waals surface area contributed by atoms with Crippen molar-refractivity contribution in [1.29, 1.82) is 0 Å². The normalized spacial score (nSPS) is 14.4. The Kier molecular flexibility index (Phi) is 6.37. The van der Waals surface area contributed by atoms with Crippen molar-refractivity contribution < 1.29 is 19.7 Å². The summed E-state index contributed by atoms with van der Waals surface area (Å²) in [6.07, 6.45) is 3.91. The molecule has 0 unspecified atom stereocenters. The lowest BCUT2D eigenvalue weighted by molar-refractivity contribution is 0.183. The monoisotopic (exact) mass is 461 g/mol. The first-order chi connectivity index (χ1) is 16.2. The van der Waals surface area contributed by atoms with Crippen LogP contribution in [0.3, 0.4) is 0 Å². The zero-order valence-electron chi connectivity index (χ0n) is 18.4. The van der Waals surface area contributed by atoms with Crippen LogP contribution in [0, 0.1) is 0 Å². The van der Waals surface area contributed by atoms with Gasteiger partial charge in [0, 0.05) is 33.8 Å². The van der Waals surface area contributed by atoms with E-state index in [1.54, 1.807) is 35.6 Å². The van der Waals surface area contributed by atoms with E-state index >= 15 is 0 Å². The zero-order valence-corrected chi connectivity index (χ0v) is 19.2. The smallest absolute Gasteiger partial charge is 0.138 e. The Balaban J connectivity index is 1.30. The van der Waals surface area contributed by atoms with Crippen LogP contribution >= 0.6 is 11.3 Å². The Morgan fingerprint density at radius 1 is 0.788 bits per heavy atom. The minimum absolute atomic E-state index is 0.142. The summed E-state index contributed by atoms with van der Waals surface area (Å²) in [5, 5.41) is 22.9. The van der Waals surface area contributed by atoms with Crippen LogP contribution in [-0.4, -0.2) is 41.4 Å². The molecule has 4 aromatic rings. The van der Waals surface area contributed by atoms with Crippen molar-refractivity contribution in [2.24, 2.45) is 0 Å². The van der Waals surface area contributed by atoms with Gasteiger partial charge in [-0.25, -0.2) is 0 Å². The molecule has 170 valence electrons. The number of phenols is 2. The van der Waals surface area contributed by atoms with Gasteiger partial charge in [-0.15, -0.1) is 11.3 Å². The van der Waals surface area contributed by atoms with Crippen LogP contribution in [-0.2, 0) is 0 Å². The van der Waals surface area contributed by atoms with Crippen LogP contribution in [0.1, 0.15) is 19.3 Å². The van der Waals surface area contributed by atoms with Gasteiger partial charge in [-0.1, -0.05) is 6.42 Å². The van der Waals surface area contributed by atoms with Gasteiger partial charge in [-0.2, -0.15) is 0 Å². The minimum atomic E-state index is 0.142. The van der Waals surface area contributed by atoms with E-state index in [0.29, 0.717) is 18.1 Å². The van der Waals surface area contributed by atoms with E-state index in [4.69, 9.17) is 9.47 Å². The highest BCUT2D eigenvalue weighted by Gasteiger charge is 2.14. The molecule has 2 heterocycles. The van der Waals surface area contributed by atoms with Gasteiger partial charge in [0.05, 0.1) is 0 Å². The van der Waals surface area contributed by atoms with E-state index in [1.807, 2.05) is 41.8 Å². The first-order valence-corrected chi connectivity index (χ1v) is 12.2. The molecule has 0 bridgehead atoms. The molecule has 2 N–H and O–H groups in total. The number of hydrogen-bond donors (Lipinski definition) is 2. The molecule has 0 amide bonds. The summed E-state index contributed by atoms with van der Waals surface area (Å²) in [6, 6.07) is 18.1. The van der Waals surface area contributed by atoms with Gasteiger partial charge < -0.3 is 19.7 Å². The second-order valence-corrected chi connectivity index (χ2v) is 9.25. The Morgan fingerprint density at radius 3 is 2.33 bits per heavy atom. The summed E-state index contributed by atoms with van der Waals surface area (Å²) in [7, 11) is 0. The van der Waals surface area contributed by atoms with Gasteiger partial charge in [0.25, 0.3) is 0 Å². The van der Waals surface area contributed by atoms with Crippen molar-refractivity contribution in [2.45, 2.75) is 19.3 Å². The fourth-order valence-electron chi connectivity index (χ4n) is 4.25. The maximum atomic E-state index is 10.1. The molecule has 1 aromatic heterocycles. The molecule has 1 aliphatic rings.